The number of para-hydroxylation sites is 3. The number of hydrogen-bond donors (Lipinski definition) is 2. The number of aromatic nitrogens is 2. The van der Waals surface area contributed by atoms with Gasteiger partial charge in [-0.25, -0.2) is 4.98 Å². The molecule has 6 nitrogen and oxygen atoms in total. The fraction of sp³-hybridized carbons (Fsp3) is 0.333. The zero-order chi connectivity index (χ0) is 18.6. The fourth-order valence-corrected chi connectivity index (χ4v) is 3.65. The van der Waals surface area contributed by atoms with E-state index >= 15 is 0 Å². The first kappa shape index (κ1) is 17.4. The number of carbonyl (C=O) groups excluding carboxylic acids is 1. The van der Waals surface area contributed by atoms with Gasteiger partial charge in [0.1, 0.15) is 5.75 Å². The van der Waals surface area contributed by atoms with Crippen molar-refractivity contribution in [2.45, 2.75) is 19.4 Å². The molecule has 140 valence electrons. The second-order valence-electron chi connectivity index (χ2n) is 6.89. The summed E-state index contributed by atoms with van der Waals surface area (Å²) in [6, 6.07) is 15.8. The molecule has 0 saturated carbocycles. The van der Waals surface area contributed by atoms with Crippen LogP contribution in [0.5, 0.6) is 5.75 Å². The van der Waals surface area contributed by atoms with Gasteiger partial charge in [0, 0.05) is 25.2 Å². The number of benzene rings is 2. The van der Waals surface area contributed by atoms with E-state index in [1.54, 1.807) is 7.11 Å². The molecule has 27 heavy (non-hydrogen) atoms. The summed E-state index contributed by atoms with van der Waals surface area (Å²) in [4.78, 5) is 22.9. The van der Waals surface area contributed by atoms with Gasteiger partial charge >= 0.3 is 0 Å². The van der Waals surface area contributed by atoms with Gasteiger partial charge in [0.2, 0.25) is 11.9 Å². The van der Waals surface area contributed by atoms with Gasteiger partial charge in [-0.1, -0.05) is 30.3 Å². The molecule has 0 bridgehead atoms. The Labute approximate surface area is 158 Å². The Morgan fingerprint density at radius 1 is 1.26 bits per heavy atom. The van der Waals surface area contributed by atoms with Crippen LogP contribution in [0.3, 0.4) is 0 Å². The largest absolute Gasteiger partial charge is 0.496 e. The molecule has 1 fully saturated rings. The van der Waals surface area contributed by atoms with Gasteiger partial charge in [0.25, 0.3) is 0 Å². The monoisotopic (exact) mass is 364 g/mol. The van der Waals surface area contributed by atoms with Crippen LogP contribution in [0, 0.1) is 5.92 Å². The first-order valence-corrected chi connectivity index (χ1v) is 9.34. The minimum Gasteiger partial charge on any atom is -0.496 e. The SMILES string of the molecule is COc1ccccc1CNC(=O)[C@H]1CCCN(c2nc3ccccc3[nH]2)C1. The molecule has 0 radical (unpaired) electrons. The third kappa shape index (κ3) is 3.74. The second kappa shape index (κ2) is 7.70. The van der Waals surface area contributed by atoms with Gasteiger partial charge in [-0.3, -0.25) is 4.79 Å². The third-order valence-corrected chi connectivity index (χ3v) is 5.11. The molecule has 2 N–H and O–H groups in total. The maximum Gasteiger partial charge on any atom is 0.225 e. The summed E-state index contributed by atoms with van der Waals surface area (Å²) in [7, 11) is 1.65. The van der Waals surface area contributed by atoms with E-state index in [0.717, 1.165) is 47.7 Å². The Morgan fingerprint density at radius 2 is 2.07 bits per heavy atom. The number of methoxy groups -OCH3 is 1. The summed E-state index contributed by atoms with van der Waals surface area (Å²) in [6.07, 6.45) is 1.87. The third-order valence-electron chi connectivity index (χ3n) is 5.11. The maximum absolute atomic E-state index is 12.7. The highest BCUT2D eigenvalue weighted by molar-refractivity contribution is 5.80. The van der Waals surface area contributed by atoms with Crippen molar-refractivity contribution in [2.24, 2.45) is 5.92 Å². The average Bonchev–Trinajstić information content (AvgIpc) is 3.16. The lowest BCUT2D eigenvalue weighted by molar-refractivity contribution is -0.125. The van der Waals surface area contributed by atoms with Gasteiger partial charge < -0.3 is 19.9 Å². The topological polar surface area (TPSA) is 70.2 Å². The summed E-state index contributed by atoms with van der Waals surface area (Å²) in [6.45, 7) is 2.07. The van der Waals surface area contributed by atoms with Crippen LogP contribution in [0.15, 0.2) is 48.5 Å². The molecule has 2 heterocycles. The molecule has 6 heteroatoms. The van der Waals surface area contributed by atoms with Crippen LogP contribution < -0.4 is 15.0 Å². The second-order valence-corrected chi connectivity index (χ2v) is 6.89. The number of nitrogens with one attached hydrogen (secondary N) is 2. The van der Waals surface area contributed by atoms with E-state index in [2.05, 4.69) is 20.2 Å². The van der Waals surface area contributed by atoms with Gasteiger partial charge in [-0.05, 0) is 31.0 Å². The van der Waals surface area contributed by atoms with Crippen LogP contribution in [-0.2, 0) is 11.3 Å². The van der Waals surface area contributed by atoms with E-state index in [4.69, 9.17) is 4.74 Å². The quantitative estimate of drug-likeness (QED) is 0.730. The van der Waals surface area contributed by atoms with Crippen molar-refractivity contribution in [3.8, 4) is 5.75 Å². The Morgan fingerprint density at radius 3 is 2.93 bits per heavy atom. The van der Waals surface area contributed by atoms with Gasteiger partial charge in [0.15, 0.2) is 0 Å². The maximum atomic E-state index is 12.7. The number of hydrogen-bond acceptors (Lipinski definition) is 4. The minimum absolute atomic E-state index is 0.0401. The molecule has 1 aliphatic heterocycles. The van der Waals surface area contributed by atoms with Crippen molar-refractivity contribution in [3.05, 3.63) is 54.1 Å². The highest BCUT2D eigenvalue weighted by Crippen LogP contribution is 2.24. The lowest BCUT2D eigenvalue weighted by Gasteiger charge is -2.31. The zero-order valence-corrected chi connectivity index (χ0v) is 15.4. The lowest BCUT2D eigenvalue weighted by Crippen LogP contribution is -2.43. The first-order chi connectivity index (χ1) is 13.2. The first-order valence-electron chi connectivity index (χ1n) is 9.34. The molecule has 1 atom stereocenters. The van der Waals surface area contributed by atoms with Crippen molar-refractivity contribution in [1.29, 1.82) is 0 Å². The number of rotatable bonds is 5. The molecule has 2 aromatic carbocycles. The molecule has 1 saturated heterocycles. The Bertz CT molecular complexity index is 904. The summed E-state index contributed by atoms with van der Waals surface area (Å²) >= 11 is 0. The number of amides is 1. The normalized spacial score (nSPS) is 17.1. The summed E-state index contributed by atoms with van der Waals surface area (Å²) < 4.78 is 5.35. The van der Waals surface area contributed by atoms with Crippen molar-refractivity contribution < 1.29 is 9.53 Å². The number of piperidine rings is 1. The van der Waals surface area contributed by atoms with E-state index in [-0.39, 0.29) is 11.8 Å². The number of imidazole rings is 1. The van der Waals surface area contributed by atoms with Crippen LogP contribution in [0.1, 0.15) is 18.4 Å². The molecule has 1 amide bonds. The number of H-pyrrole nitrogens is 1. The molecule has 3 aromatic rings. The predicted molar refractivity (Wildman–Crippen MR) is 106 cm³/mol. The Kier molecular flexibility index (Phi) is 4.96. The van der Waals surface area contributed by atoms with E-state index in [0.29, 0.717) is 13.1 Å². The number of aromatic amines is 1. The van der Waals surface area contributed by atoms with Crippen molar-refractivity contribution >= 4 is 22.9 Å². The van der Waals surface area contributed by atoms with E-state index in [1.165, 1.54) is 0 Å². The van der Waals surface area contributed by atoms with Gasteiger partial charge in [-0.15, -0.1) is 0 Å². The highest BCUT2D eigenvalue weighted by Gasteiger charge is 2.27. The summed E-state index contributed by atoms with van der Waals surface area (Å²) in [5.74, 6) is 1.69. The average molecular weight is 364 g/mol. The predicted octanol–water partition coefficient (Wildman–Crippen LogP) is 3.10. The number of fused-ring (bicyclic) bond motifs is 1. The summed E-state index contributed by atoms with van der Waals surface area (Å²) in [5, 5.41) is 3.07. The smallest absolute Gasteiger partial charge is 0.225 e. The van der Waals surface area contributed by atoms with Crippen molar-refractivity contribution in [3.63, 3.8) is 0 Å². The number of carbonyl (C=O) groups is 1. The van der Waals surface area contributed by atoms with E-state index < -0.39 is 0 Å². The molecule has 0 aliphatic carbocycles. The minimum atomic E-state index is -0.0401. The van der Waals surface area contributed by atoms with Crippen molar-refractivity contribution in [2.75, 3.05) is 25.1 Å². The molecule has 1 aromatic heterocycles. The number of ether oxygens (including phenoxy) is 1. The summed E-state index contributed by atoms with van der Waals surface area (Å²) in [5.41, 5.74) is 2.96. The Hall–Kier alpha value is -3.02. The lowest BCUT2D eigenvalue weighted by atomic mass is 9.97. The van der Waals surface area contributed by atoms with Crippen LogP contribution in [0.25, 0.3) is 11.0 Å². The van der Waals surface area contributed by atoms with Gasteiger partial charge in [-0.2, -0.15) is 0 Å². The van der Waals surface area contributed by atoms with Crippen LogP contribution in [-0.4, -0.2) is 36.1 Å². The number of nitrogens with zero attached hydrogens (tertiary/aromatic N) is 2. The molecule has 1 aliphatic rings. The number of anilines is 1. The van der Waals surface area contributed by atoms with Crippen molar-refractivity contribution in [1.82, 2.24) is 15.3 Å². The zero-order valence-electron chi connectivity index (χ0n) is 15.4. The molecule has 0 spiro atoms. The standard InChI is InChI=1S/C21H24N4O2/c1-27-19-11-5-2-7-15(19)13-22-20(26)16-8-6-12-25(14-16)21-23-17-9-3-4-10-18(17)24-21/h2-5,7,9-11,16H,6,8,12-14H2,1H3,(H,22,26)(H,23,24)/t16-/m0/s1. The molecule has 0 unspecified atom stereocenters. The van der Waals surface area contributed by atoms with Gasteiger partial charge in [0.05, 0.1) is 24.1 Å². The Balaban J connectivity index is 1.40. The molecule has 4 rings (SSSR count). The molecular weight excluding hydrogens is 340 g/mol. The van der Waals surface area contributed by atoms with Crippen LogP contribution >= 0.6 is 0 Å². The highest BCUT2D eigenvalue weighted by atomic mass is 16.5. The fourth-order valence-electron chi connectivity index (χ4n) is 3.65. The van der Waals surface area contributed by atoms with E-state index in [9.17, 15) is 4.79 Å². The van der Waals surface area contributed by atoms with Crippen LogP contribution in [0.2, 0.25) is 0 Å². The molecular formula is C21H24N4O2. The van der Waals surface area contributed by atoms with E-state index in [1.807, 2.05) is 48.5 Å². The van der Waals surface area contributed by atoms with Crippen LogP contribution in [0.4, 0.5) is 5.95 Å².